The van der Waals surface area contributed by atoms with Crippen LogP contribution < -0.4 is 5.32 Å². The molecule has 2 heterocycles. The molecule has 4 nitrogen and oxygen atoms in total. The van der Waals surface area contributed by atoms with Crippen molar-refractivity contribution in [1.29, 1.82) is 0 Å². The number of nitrogens with zero attached hydrogens (tertiary/aromatic N) is 2. The standard InChI is InChI=1S/C14H13N3OS/c1-10-17-13(9-18-10)11-2-4-12(5-3-11)16-8-14-15-6-7-19-14/h2-7,9,16H,8H2,1H3. The van der Waals surface area contributed by atoms with Crippen LogP contribution in [-0.2, 0) is 6.54 Å². The molecule has 3 aromatic rings. The van der Waals surface area contributed by atoms with Crippen LogP contribution in [0.1, 0.15) is 10.9 Å². The summed E-state index contributed by atoms with van der Waals surface area (Å²) < 4.78 is 5.21. The van der Waals surface area contributed by atoms with Crippen LogP contribution in [0.3, 0.4) is 0 Å². The average molecular weight is 271 g/mol. The summed E-state index contributed by atoms with van der Waals surface area (Å²) >= 11 is 1.65. The first-order chi connectivity index (χ1) is 9.31. The van der Waals surface area contributed by atoms with Crippen LogP contribution >= 0.6 is 11.3 Å². The second kappa shape index (κ2) is 5.24. The molecular formula is C14H13N3OS. The fourth-order valence-corrected chi connectivity index (χ4v) is 2.33. The van der Waals surface area contributed by atoms with E-state index >= 15 is 0 Å². The van der Waals surface area contributed by atoms with Gasteiger partial charge >= 0.3 is 0 Å². The molecule has 5 heteroatoms. The van der Waals surface area contributed by atoms with Crippen LogP contribution in [-0.4, -0.2) is 9.97 Å². The summed E-state index contributed by atoms with van der Waals surface area (Å²) in [6.45, 7) is 2.59. The summed E-state index contributed by atoms with van der Waals surface area (Å²) in [5, 5.41) is 6.39. The Labute approximate surface area is 115 Å². The van der Waals surface area contributed by atoms with E-state index in [0.29, 0.717) is 5.89 Å². The van der Waals surface area contributed by atoms with E-state index in [1.54, 1.807) is 17.6 Å². The van der Waals surface area contributed by atoms with Gasteiger partial charge in [0.05, 0.1) is 6.54 Å². The highest BCUT2D eigenvalue weighted by atomic mass is 32.1. The van der Waals surface area contributed by atoms with E-state index in [1.807, 2.05) is 42.8 Å². The number of aromatic nitrogens is 2. The first-order valence-electron chi connectivity index (χ1n) is 5.96. The highest BCUT2D eigenvalue weighted by molar-refractivity contribution is 7.09. The fourth-order valence-electron chi connectivity index (χ4n) is 1.77. The molecule has 0 amide bonds. The van der Waals surface area contributed by atoms with Crippen LogP contribution in [0.4, 0.5) is 5.69 Å². The number of rotatable bonds is 4. The molecule has 0 radical (unpaired) electrons. The average Bonchev–Trinajstić information content (AvgIpc) is 3.08. The lowest BCUT2D eigenvalue weighted by molar-refractivity contribution is 0.521. The summed E-state index contributed by atoms with van der Waals surface area (Å²) in [5.41, 5.74) is 2.99. The Morgan fingerprint density at radius 1 is 1.26 bits per heavy atom. The zero-order valence-electron chi connectivity index (χ0n) is 10.5. The van der Waals surface area contributed by atoms with Crippen molar-refractivity contribution in [3.05, 3.63) is 53.0 Å². The predicted molar refractivity (Wildman–Crippen MR) is 76.1 cm³/mol. The number of hydrogen-bond donors (Lipinski definition) is 1. The second-order valence-electron chi connectivity index (χ2n) is 4.11. The quantitative estimate of drug-likeness (QED) is 0.785. The largest absolute Gasteiger partial charge is 0.449 e. The van der Waals surface area contributed by atoms with E-state index in [1.165, 1.54) is 0 Å². The van der Waals surface area contributed by atoms with E-state index in [0.717, 1.165) is 28.5 Å². The van der Waals surface area contributed by atoms with Gasteiger partial charge in [0, 0.05) is 29.8 Å². The molecule has 3 rings (SSSR count). The number of benzene rings is 1. The SMILES string of the molecule is Cc1nc(-c2ccc(NCc3nccs3)cc2)co1. The minimum Gasteiger partial charge on any atom is -0.449 e. The van der Waals surface area contributed by atoms with Gasteiger partial charge in [-0.1, -0.05) is 12.1 Å². The van der Waals surface area contributed by atoms with Crippen molar-refractivity contribution in [2.75, 3.05) is 5.32 Å². The molecule has 19 heavy (non-hydrogen) atoms. The highest BCUT2D eigenvalue weighted by Crippen LogP contribution is 2.21. The molecule has 0 aliphatic heterocycles. The molecular weight excluding hydrogens is 258 g/mol. The van der Waals surface area contributed by atoms with Gasteiger partial charge in [-0.05, 0) is 12.1 Å². The second-order valence-corrected chi connectivity index (χ2v) is 5.09. The molecule has 96 valence electrons. The van der Waals surface area contributed by atoms with Gasteiger partial charge in [0.1, 0.15) is 17.0 Å². The van der Waals surface area contributed by atoms with Gasteiger partial charge in [0.2, 0.25) is 0 Å². The molecule has 0 atom stereocenters. The summed E-state index contributed by atoms with van der Waals surface area (Å²) in [7, 11) is 0. The number of hydrogen-bond acceptors (Lipinski definition) is 5. The molecule has 0 unspecified atom stereocenters. The zero-order valence-corrected chi connectivity index (χ0v) is 11.3. The summed E-state index contributed by atoms with van der Waals surface area (Å²) in [5.74, 6) is 0.681. The first kappa shape index (κ1) is 11.9. The molecule has 0 spiro atoms. The van der Waals surface area contributed by atoms with E-state index in [-0.39, 0.29) is 0 Å². The molecule has 2 aromatic heterocycles. The van der Waals surface area contributed by atoms with E-state index in [9.17, 15) is 0 Å². The maximum Gasteiger partial charge on any atom is 0.191 e. The van der Waals surface area contributed by atoms with Gasteiger partial charge in [-0.15, -0.1) is 11.3 Å². The lowest BCUT2D eigenvalue weighted by Crippen LogP contribution is -1.98. The predicted octanol–water partition coefficient (Wildman–Crippen LogP) is 3.72. The molecule has 0 fully saturated rings. The maximum absolute atomic E-state index is 5.21. The van der Waals surface area contributed by atoms with Gasteiger partial charge in [0.15, 0.2) is 5.89 Å². The first-order valence-corrected chi connectivity index (χ1v) is 6.84. The van der Waals surface area contributed by atoms with Gasteiger partial charge in [-0.25, -0.2) is 9.97 Å². The third kappa shape index (κ3) is 2.82. The monoisotopic (exact) mass is 271 g/mol. The summed E-state index contributed by atoms with van der Waals surface area (Å²) in [6, 6.07) is 8.13. The Kier molecular flexibility index (Phi) is 3.29. The van der Waals surface area contributed by atoms with Crippen molar-refractivity contribution in [3.8, 4) is 11.3 Å². The maximum atomic E-state index is 5.21. The topological polar surface area (TPSA) is 51.0 Å². The minimum absolute atomic E-state index is 0.681. The lowest BCUT2D eigenvalue weighted by atomic mass is 10.1. The Morgan fingerprint density at radius 3 is 2.74 bits per heavy atom. The van der Waals surface area contributed by atoms with Gasteiger partial charge < -0.3 is 9.73 Å². The zero-order chi connectivity index (χ0) is 13.1. The minimum atomic E-state index is 0.681. The number of oxazole rings is 1. The smallest absolute Gasteiger partial charge is 0.191 e. The van der Waals surface area contributed by atoms with Crippen LogP contribution in [0.15, 0.2) is 46.5 Å². The van der Waals surface area contributed by atoms with Gasteiger partial charge in [-0.2, -0.15) is 0 Å². The number of nitrogens with one attached hydrogen (secondary N) is 1. The normalized spacial score (nSPS) is 10.6. The molecule has 0 saturated carbocycles. The number of thiazole rings is 1. The molecule has 1 aromatic carbocycles. The Bertz CT molecular complexity index is 644. The molecule has 0 bridgehead atoms. The third-order valence-electron chi connectivity index (χ3n) is 2.73. The summed E-state index contributed by atoms with van der Waals surface area (Å²) in [6.07, 6.45) is 3.49. The van der Waals surface area contributed by atoms with Crippen molar-refractivity contribution >= 4 is 17.0 Å². The molecule has 1 N–H and O–H groups in total. The summed E-state index contributed by atoms with van der Waals surface area (Å²) in [4.78, 5) is 8.53. The van der Waals surface area contributed by atoms with Gasteiger partial charge in [-0.3, -0.25) is 0 Å². The van der Waals surface area contributed by atoms with E-state index in [2.05, 4.69) is 15.3 Å². The van der Waals surface area contributed by atoms with Crippen LogP contribution in [0.5, 0.6) is 0 Å². The fraction of sp³-hybridized carbons (Fsp3) is 0.143. The van der Waals surface area contributed by atoms with Crippen molar-refractivity contribution in [3.63, 3.8) is 0 Å². The van der Waals surface area contributed by atoms with Crippen LogP contribution in [0.25, 0.3) is 11.3 Å². The van der Waals surface area contributed by atoms with Crippen molar-refractivity contribution in [2.45, 2.75) is 13.5 Å². The van der Waals surface area contributed by atoms with Crippen molar-refractivity contribution in [1.82, 2.24) is 9.97 Å². The van der Waals surface area contributed by atoms with Crippen molar-refractivity contribution < 1.29 is 4.42 Å². The van der Waals surface area contributed by atoms with Crippen molar-refractivity contribution in [2.24, 2.45) is 0 Å². The lowest BCUT2D eigenvalue weighted by Gasteiger charge is -2.04. The number of aryl methyl sites for hydroxylation is 1. The van der Waals surface area contributed by atoms with E-state index in [4.69, 9.17) is 4.42 Å². The van der Waals surface area contributed by atoms with E-state index < -0.39 is 0 Å². The Morgan fingerprint density at radius 2 is 2.11 bits per heavy atom. The van der Waals surface area contributed by atoms with Crippen LogP contribution in [0.2, 0.25) is 0 Å². The van der Waals surface area contributed by atoms with Crippen LogP contribution in [0, 0.1) is 6.92 Å². The van der Waals surface area contributed by atoms with Gasteiger partial charge in [0.25, 0.3) is 0 Å². The highest BCUT2D eigenvalue weighted by Gasteiger charge is 2.03. The molecule has 0 saturated heterocycles. The molecule has 0 aliphatic carbocycles. The Hall–Kier alpha value is -2.14. The molecule has 0 aliphatic rings. The Balaban J connectivity index is 1.69. The number of anilines is 1. The third-order valence-corrected chi connectivity index (χ3v) is 3.51.